The van der Waals surface area contributed by atoms with Crippen LogP contribution in [0, 0.1) is 6.92 Å². The average Bonchev–Trinajstić information content (AvgIpc) is 3.00. The third-order valence-electron chi connectivity index (χ3n) is 4.02. The standard InChI is InChI=1S/C16H25N3O2S/c1-5-12-10(4)22-8-13(12)16(21)19-7-11(17)6-14(19)15(20)18-9(2)3/h8-9,11,14H,5-7,17H2,1-4H3,(H,18,20)/t11-,14-/m0/s1. The second-order valence-electron chi connectivity index (χ2n) is 6.17. The Morgan fingerprint density at radius 1 is 1.50 bits per heavy atom. The quantitative estimate of drug-likeness (QED) is 0.885. The van der Waals surface area contributed by atoms with Crippen LogP contribution in [-0.4, -0.2) is 41.4 Å². The minimum Gasteiger partial charge on any atom is -0.352 e. The van der Waals surface area contributed by atoms with Crippen molar-refractivity contribution in [1.29, 1.82) is 0 Å². The van der Waals surface area contributed by atoms with Crippen LogP contribution in [0.2, 0.25) is 0 Å². The topological polar surface area (TPSA) is 75.4 Å². The normalized spacial score (nSPS) is 21.5. The van der Waals surface area contributed by atoms with E-state index in [1.54, 1.807) is 16.2 Å². The highest BCUT2D eigenvalue weighted by Crippen LogP contribution is 2.27. The first-order valence-corrected chi connectivity index (χ1v) is 8.67. The van der Waals surface area contributed by atoms with E-state index in [2.05, 4.69) is 5.32 Å². The van der Waals surface area contributed by atoms with Gasteiger partial charge in [-0.1, -0.05) is 6.92 Å². The summed E-state index contributed by atoms with van der Waals surface area (Å²) in [5, 5.41) is 4.79. The molecule has 5 nitrogen and oxygen atoms in total. The number of nitrogens with zero attached hydrogens (tertiary/aromatic N) is 1. The molecule has 2 heterocycles. The number of thiophene rings is 1. The van der Waals surface area contributed by atoms with E-state index >= 15 is 0 Å². The van der Waals surface area contributed by atoms with Gasteiger partial charge in [0, 0.05) is 28.9 Å². The molecule has 0 saturated carbocycles. The number of amides is 2. The Morgan fingerprint density at radius 3 is 2.77 bits per heavy atom. The van der Waals surface area contributed by atoms with E-state index in [9.17, 15) is 9.59 Å². The number of carbonyl (C=O) groups is 2. The Bertz CT molecular complexity index is 568. The van der Waals surface area contributed by atoms with Gasteiger partial charge in [0.2, 0.25) is 5.91 Å². The van der Waals surface area contributed by atoms with Crippen molar-refractivity contribution in [2.75, 3.05) is 6.54 Å². The van der Waals surface area contributed by atoms with Gasteiger partial charge < -0.3 is 16.0 Å². The fraction of sp³-hybridized carbons (Fsp3) is 0.625. The van der Waals surface area contributed by atoms with Crippen molar-refractivity contribution in [3.05, 3.63) is 21.4 Å². The first-order chi connectivity index (χ1) is 10.3. The van der Waals surface area contributed by atoms with E-state index in [4.69, 9.17) is 5.73 Å². The molecule has 0 aliphatic carbocycles. The van der Waals surface area contributed by atoms with Crippen molar-refractivity contribution in [3.8, 4) is 0 Å². The first-order valence-electron chi connectivity index (χ1n) is 7.79. The number of aryl methyl sites for hydroxylation is 1. The molecule has 122 valence electrons. The lowest BCUT2D eigenvalue weighted by molar-refractivity contribution is -0.125. The number of rotatable bonds is 4. The lowest BCUT2D eigenvalue weighted by atomic mass is 10.1. The van der Waals surface area contributed by atoms with E-state index < -0.39 is 6.04 Å². The summed E-state index contributed by atoms with van der Waals surface area (Å²) in [4.78, 5) is 28.0. The van der Waals surface area contributed by atoms with Crippen LogP contribution in [-0.2, 0) is 11.2 Å². The van der Waals surface area contributed by atoms with Gasteiger partial charge in [-0.25, -0.2) is 0 Å². The third-order valence-corrected chi connectivity index (χ3v) is 4.97. The molecule has 1 saturated heterocycles. The molecule has 0 unspecified atom stereocenters. The van der Waals surface area contributed by atoms with E-state index in [-0.39, 0.29) is 23.9 Å². The second-order valence-corrected chi connectivity index (χ2v) is 7.25. The summed E-state index contributed by atoms with van der Waals surface area (Å²) in [7, 11) is 0. The van der Waals surface area contributed by atoms with E-state index in [1.165, 1.54) is 0 Å². The van der Waals surface area contributed by atoms with E-state index in [0.29, 0.717) is 13.0 Å². The van der Waals surface area contributed by atoms with Crippen LogP contribution >= 0.6 is 11.3 Å². The Hall–Kier alpha value is -1.40. The molecule has 1 aromatic heterocycles. The second kappa shape index (κ2) is 6.79. The molecule has 2 rings (SSSR count). The first kappa shape index (κ1) is 17.0. The van der Waals surface area contributed by atoms with Crippen LogP contribution in [0.4, 0.5) is 0 Å². The fourth-order valence-corrected chi connectivity index (χ4v) is 3.91. The highest BCUT2D eigenvalue weighted by atomic mass is 32.1. The minimum atomic E-state index is -0.463. The van der Waals surface area contributed by atoms with Crippen molar-refractivity contribution in [1.82, 2.24) is 10.2 Å². The summed E-state index contributed by atoms with van der Waals surface area (Å²) in [5.74, 6) is -0.181. The number of carbonyl (C=O) groups excluding carboxylic acids is 2. The van der Waals surface area contributed by atoms with Crippen LogP contribution in [0.25, 0.3) is 0 Å². The Balaban J connectivity index is 2.24. The lowest BCUT2D eigenvalue weighted by Gasteiger charge is -2.25. The number of nitrogens with two attached hydrogens (primary N) is 1. The average molecular weight is 323 g/mol. The molecule has 0 radical (unpaired) electrons. The number of hydrogen-bond acceptors (Lipinski definition) is 4. The van der Waals surface area contributed by atoms with Gasteiger partial charge in [0.05, 0.1) is 5.56 Å². The Morgan fingerprint density at radius 2 is 2.18 bits per heavy atom. The van der Waals surface area contributed by atoms with Crippen LogP contribution in [0.1, 0.15) is 48.0 Å². The largest absolute Gasteiger partial charge is 0.352 e. The van der Waals surface area contributed by atoms with Crippen molar-refractivity contribution >= 4 is 23.2 Å². The maximum atomic E-state index is 12.9. The van der Waals surface area contributed by atoms with Crippen LogP contribution in [0.5, 0.6) is 0 Å². The smallest absolute Gasteiger partial charge is 0.255 e. The summed E-state index contributed by atoms with van der Waals surface area (Å²) < 4.78 is 0. The van der Waals surface area contributed by atoms with Gasteiger partial charge in [0.1, 0.15) is 6.04 Å². The van der Waals surface area contributed by atoms with E-state index in [1.807, 2.05) is 33.1 Å². The molecule has 0 spiro atoms. The van der Waals surface area contributed by atoms with Crippen molar-refractivity contribution < 1.29 is 9.59 Å². The highest BCUT2D eigenvalue weighted by Gasteiger charge is 2.39. The van der Waals surface area contributed by atoms with Crippen molar-refractivity contribution in [2.24, 2.45) is 5.73 Å². The zero-order valence-corrected chi connectivity index (χ0v) is 14.5. The fourth-order valence-electron chi connectivity index (χ4n) is 2.97. The minimum absolute atomic E-state index is 0.0517. The summed E-state index contributed by atoms with van der Waals surface area (Å²) in [6.07, 6.45) is 1.34. The van der Waals surface area contributed by atoms with Crippen LogP contribution in [0.15, 0.2) is 5.38 Å². The molecule has 6 heteroatoms. The molecule has 0 bridgehead atoms. The summed E-state index contributed by atoms with van der Waals surface area (Å²) >= 11 is 1.58. The summed E-state index contributed by atoms with van der Waals surface area (Å²) in [6.45, 7) is 8.34. The van der Waals surface area contributed by atoms with Crippen LogP contribution < -0.4 is 11.1 Å². The molecule has 1 aliphatic heterocycles. The van der Waals surface area contributed by atoms with Gasteiger partial charge in [-0.2, -0.15) is 0 Å². The molecule has 1 fully saturated rings. The molecular weight excluding hydrogens is 298 g/mol. The van der Waals surface area contributed by atoms with Crippen molar-refractivity contribution in [2.45, 2.75) is 58.7 Å². The maximum absolute atomic E-state index is 12.9. The Labute approximate surface area is 135 Å². The van der Waals surface area contributed by atoms with E-state index in [0.717, 1.165) is 22.4 Å². The Kier molecular flexibility index (Phi) is 5.24. The number of hydrogen-bond donors (Lipinski definition) is 2. The van der Waals surface area contributed by atoms with Gasteiger partial charge in [0.25, 0.3) is 5.91 Å². The number of nitrogens with one attached hydrogen (secondary N) is 1. The van der Waals surface area contributed by atoms with Gasteiger partial charge >= 0.3 is 0 Å². The summed E-state index contributed by atoms with van der Waals surface area (Å²) in [6, 6.07) is -0.553. The summed E-state index contributed by atoms with van der Waals surface area (Å²) in [5.41, 5.74) is 7.81. The maximum Gasteiger partial charge on any atom is 0.255 e. The monoisotopic (exact) mass is 323 g/mol. The van der Waals surface area contributed by atoms with Gasteiger partial charge in [0.15, 0.2) is 0 Å². The zero-order chi connectivity index (χ0) is 16.4. The number of likely N-dealkylation sites (tertiary alicyclic amines) is 1. The highest BCUT2D eigenvalue weighted by molar-refractivity contribution is 7.10. The molecule has 2 atom stereocenters. The molecule has 0 aromatic carbocycles. The SMILES string of the molecule is CCc1c(C(=O)N2C[C@@H](N)C[C@H]2C(=O)NC(C)C)csc1C. The van der Waals surface area contributed by atoms with Crippen LogP contribution in [0.3, 0.4) is 0 Å². The molecule has 1 aromatic rings. The van der Waals surface area contributed by atoms with Gasteiger partial charge in [-0.3, -0.25) is 9.59 Å². The predicted octanol–water partition coefficient (Wildman–Crippen LogP) is 1.69. The van der Waals surface area contributed by atoms with Gasteiger partial charge in [-0.05, 0) is 39.2 Å². The van der Waals surface area contributed by atoms with Crippen molar-refractivity contribution in [3.63, 3.8) is 0 Å². The molecule has 2 amide bonds. The molecular formula is C16H25N3O2S. The molecule has 1 aliphatic rings. The lowest BCUT2D eigenvalue weighted by Crippen LogP contribution is -2.47. The van der Waals surface area contributed by atoms with Gasteiger partial charge in [-0.15, -0.1) is 11.3 Å². The molecule has 3 N–H and O–H groups in total. The third kappa shape index (κ3) is 3.33. The predicted molar refractivity (Wildman–Crippen MR) is 89.1 cm³/mol. The zero-order valence-electron chi connectivity index (χ0n) is 13.7. The molecule has 22 heavy (non-hydrogen) atoms.